The topological polar surface area (TPSA) is 85.8 Å². The predicted octanol–water partition coefficient (Wildman–Crippen LogP) is 2.62. The number of amides is 1. The summed E-state index contributed by atoms with van der Waals surface area (Å²) in [6.45, 7) is 4.04. The van der Waals surface area contributed by atoms with Gasteiger partial charge >= 0.3 is 0 Å². The minimum Gasteiger partial charge on any atom is -0.508 e. The lowest BCUT2D eigenvalue weighted by Crippen LogP contribution is -2.38. The Kier molecular flexibility index (Phi) is 6.30. The highest BCUT2D eigenvalue weighted by atomic mass is 16.3. The van der Waals surface area contributed by atoms with Crippen molar-refractivity contribution in [2.45, 2.75) is 25.7 Å². The van der Waals surface area contributed by atoms with Crippen molar-refractivity contribution >= 4 is 17.6 Å². The van der Waals surface area contributed by atoms with E-state index < -0.39 is 0 Å². The number of benzene rings is 2. The van der Waals surface area contributed by atoms with Crippen LogP contribution in [0.5, 0.6) is 5.75 Å². The Labute approximate surface area is 159 Å². The molecule has 1 heterocycles. The lowest BCUT2D eigenvalue weighted by Gasteiger charge is -2.24. The molecule has 1 aliphatic heterocycles. The van der Waals surface area contributed by atoms with Crippen molar-refractivity contribution in [1.82, 2.24) is 10.6 Å². The van der Waals surface area contributed by atoms with Crippen LogP contribution in [0.3, 0.4) is 0 Å². The van der Waals surface area contributed by atoms with Crippen LogP contribution in [0.2, 0.25) is 0 Å². The van der Waals surface area contributed by atoms with E-state index in [-0.39, 0.29) is 17.6 Å². The summed E-state index contributed by atoms with van der Waals surface area (Å²) in [4.78, 5) is 16.6. The minimum atomic E-state index is 0.0377. The van der Waals surface area contributed by atoms with Gasteiger partial charge in [0.15, 0.2) is 5.96 Å². The van der Waals surface area contributed by atoms with E-state index in [0.717, 1.165) is 35.7 Å². The number of fused-ring (bicyclic) bond motifs is 1. The molecule has 2 aromatic rings. The summed E-state index contributed by atoms with van der Waals surface area (Å²) in [5.41, 5.74) is 3.09. The minimum absolute atomic E-state index is 0.0377. The SMILES string of the molecule is CCNC(=NCC1CC(=O)Nc2ccccc21)NCCc1cccc(O)c1. The van der Waals surface area contributed by atoms with Crippen LogP contribution in [0.15, 0.2) is 53.5 Å². The second-order valence-corrected chi connectivity index (χ2v) is 6.60. The van der Waals surface area contributed by atoms with E-state index in [1.165, 1.54) is 0 Å². The summed E-state index contributed by atoms with van der Waals surface area (Å²) in [6.07, 6.45) is 1.23. The van der Waals surface area contributed by atoms with Crippen LogP contribution >= 0.6 is 0 Å². The summed E-state index contributed by atoms with van der Waals surface area (Å²) in [5, 5.41) is 19.0. The number of hydrogen-bond donors (Lipinski definition) is 4. The number of anilines is 1. The van der Waals surface area contributed by atoms with E-state index in [0.29, 0.717) is 19.5 Å². The normalized spacial score (nSPS) is 16.4. The number of guanidine groups is 1. The van der Waals surface area contributed by atoms with Gasteiger partial charge in [0.2, 0.25) is 5.91 Å². The molecule has 1 atom stereocenters. The molecule has 1 aliphatic rings. The Bertz CT molecular complexity index is 819. The van der Waals surface area contributed by atoms with Gasteiger partial charge in [0.1, 0.15) is 5.75 Å². The first-order chi connectivity index (χ1) is 13.2. The predicted molar refractivity (Wildman–Crippen MR) is 108 cm³/mol. The number of nitrogens with zero attached hydrogens (tertiary/aromatic N) is 1. The van der Waals surface area contributed by atoms with Crippen molar-refractivity contribution in [3.8, 4) is 5.75 Å². The van der Waals surface area contributed by atoms with E-state index in [9.17, 15) is 9.90 Å². The summed E-state index contributed by atoms with van der Waals surface area (Å²) >= 11 is 0. The second-order valence-electron chi connectivity index (χ2n) is 6.60. The van der Waals surface area contributed by atoms with Gasteiger partial charge in [-0.15, -0.1) is 0 Å². The number of aliphatic imine (C=N–C) groups is 1. The molecule has 0 saturated heterocycles. The third-order valence-corrected chi connectivity index (χ3v) is 4.54. The molecule has 6 nitrogen and oxygen atoms in total. The number of rotatable bonds is 6. The van der Waals surface area contributed by atoms with Gasteiger partial charge in [-0.25, -0.2) is 0 Å². The Morgan fingerprint density at radius 3 is 2.89 bits per heavy atom. The molecule has 0 aliphatic carbocycles. The zero-order valence-corrected chi connectivity index (χ0v) is 15.5. The zero-order chi connectivity index (χ0) is 19.1. The number of phenolic OH excluding ortho intramolecular Hbond substituents is 1. The standard InChI is InChI=1S/C21H26N4O2/c1-2-22-21(23-11-10-15-6-5-7-17(26)12-15)24-14-16-13-20(27)25-19-9-4-3-8-18(16)19/h3-9,12,16,26H,2,10-11,13-14H2,1H3,(H,25,27)(H2,22,23,24). The van der Waals surface area contributed by atoms with E-state index in [4.69, 9.17) is 0 Å². The van der Waals surface area contributed by atoms with E-state index in [1.54, 1.807) is 12.1 Å². The van der Waals surface area contributed by atoms with Gasteiger partial charge in [-0.3, -0.25) is 9.79 Å². The highest BCUT2D eigenvalue weighted by Crippen LogP contribution is 2.31. The van der Waals surface area contributed by atoms with Crippen LogP contribution in [0.1, 0.15) is 30.4 Å². The largest absolute Gasteiger partial charge is 0.508 e. The fourth-order valence-electron chi connectivity index (χ4n) is 3.25. The fraction of sp³-hybridized carbons (Fsp3) is 0.333. The number of carbonyl (C=O) groups excluding carboxylic acids is 1. The second kappa shape index (κ2) is 9.07. The van der Waals surface area contributed by atoms with E-state index in [1.807, 2.05) is 37.3 Å². The van der Waals surface area contributed by atoms with Crippen molar-refractivity contribution in [3.05, 3.63) is 59.7 Å². The van der Waals surface area contributed by atoms with Crippen molar-refractivity contribution in [2.24, 2.45) is 4.99 Å². The third-order valence-electron chi connectivity index (χ3n) is 4.54. The maximum Gasteiger partial charge on any atom is 0.225 e. The first-order valence-corrected chi connectivity index (χ1v) is 9.34. The van der Waals surface area contributed by atoms with Gasteiger partial charge in [0.25, 0.3) is 0 Å². The van der Waals surface area contributed by atoms with Crippen molar-refractivity contribution in [2.75, 3.05) is 25.0 Å². The van der Waals surface area contributed by atoms with Gasteiger partial charge in [-0.2, -0.15) is 0 Å². The lowest BCUT2D eigenvalue weighted by molar-refractivity contribution is -0.116. The van der Waals surface area contributed by atoms with Crippen molar-refractivity contribution < 1.29 is 9.90 Å². The number of nitrogens with one attached hydrogen (secondary N) is 3. The van der Waals surface area contributed by atoms with E-state index >= 15 is 0 Å². The van der Waals surface area contributed by atoms with Crippen molar-refractivity contribution in [1.29, 1.82) is 0 Å². The monoisotopic (exact) mass is 366 g/mol. The Morgan fingerprint density at radius 2 is 2.07 bits per heavy atom. The molecule has 1 amide bonds. The molecule has 0 radical (unpaired) electrons. The van der Waals surface area contributed by atoms with Crippen LogP contribution in [0, 0.1) is 0 Å². The van der Waals surface area contributed by atoms with Crippen LogP contribution in [0.25, 0.3) is 0 Å². The molecule has 6 heteroatoms. The number of phenols is 1. The average Bonchev–Trinajstić information content (AvgIpc) is 2.66. The molecule has 0 saturated carbocycles. The number of aromatic hydroxyl groups is 1. The molecule has 1 unspecified atom stereocenters. The molecule has 0 fully saturated rings. The van der Waals surface area contributed by atoms with Gasteiger partial charge in [-0.05, 0) is 42.7 Å². The van der Waals surface area contributed by atoms with Crippen LogP contribution in [0.4, 0.5) is 5.69 Å². The van der Waals surface area contributed by atoms with Crippen LogP contribution < -0.4 is 16.0 Å². The zero-order valence-electron chi connectivity index (χ0n) is 15.5. The molecule has 0 spiro atoms. The molecular formula is C21H26N4O2. The lowest BCUT2D eigenvalue weighted by atomic mass is 9.91. The maximum atomic E-state index is 12.0. The van der Waals surface area contributed by atoms with Gasteiger partial charge < -0.3 is 21.1 Å². The maximum absolute atomic E-state index is 12.0. The Morgan fingerprint density at radius 1 is 1.22 bits per heavy atom. The summed E-state index contributed by atoms with van der Waals surface area (Å²) < 4.78 is 0. The third kappa shape index (κ3) is 5.23. The number of hydrogen-bond acceptors (Lipinski definition) is 3. The summed E-state index contributed by atoms with van der Waals surface area (Å²) in [5.74, 6) is 1.13. The van der Waals surface area contributed by atoms with E-state index in [2.05, 4.69) is 27.0 Å². The Hall–Kier alpha value is -3.02. The summed E-state index contributed by atoms with van der Waals surface area (Å²) in [7, 11) is 0. The molecule has 2 aromatic carbocycles. The number of carbonyl (C=O) groups is 1. The molecule has 4 N–H and O–H groups in total. The fourth-order valence-corrected chi connectivity index (χ4v) is 3.25. The smallest absolute Gasteiger partial charge is 0.225 e. The molecular weight excluding hydrogens is 340 g/mol. The van der Waals surface area contributed by atoms with Gasteiger partial charge in [0.05, 0.1) is 6.54 Å². The van der Waals surface area contributed by atoms with Crippen molar-refractivity contribution in [3.63, 3.8) is 0 Å². The quantitative estimate of drug-likeness (QED) is 0.468. The first kappa shape index (κ1) is 18.8. The van der Waals surface area contributed by atoms with Gasteiger partial charge in [-0.1, -0.05) is 30.3 Å². The summed E-state index contributed by atoms with van der Waals surface area (Å²) in [6, 6.07) is 15.2. The molecule has 0 bridgehead atoms. The average molecular weight is 366 g/mol. The Balaban J connectivity index is 1.61. The molecule has 3 rings (SSSR count). The molecule has 0 aromatic heterocycles. The highest BCUT2D eigenvalue weighted by Gasteiger charge is 2.24. The highest BCUT2D eigenvalue weighted by molar-refractivity contribution is 5.94. The molecule has 142 valence electrons. The van der Waals surface area contributed by atoms with Crippen LogP contribution in [-0.4, -0.2) is 36.6 Å². The van der Waals surface area contributed by atoms with Crippen LogP contribution in [-0.2, 0) is 11.2 Å². The molecule has 27 heavy (non-hydrogen) atoms. The number of para-hydroxylation sites is 1. The van der Waals surface area contributed by atoms with Gasteiger partial charge in [0, 0.05) is 31.1 Å². The first-order valence-electron chi connectivity index (χ1n) is 9.34.